The summed E-state index contributed by atoms with van der Waals surface area (Å²) in [5.41, 5.74) is -0.243. The van der Waals surface area contributed by atoms with Crippen LogP contribution in [0.5, 0.6) is 11.5 Å². The summed E-state index contributed by atoms with van der Waals surface area (Å²) in [6.07, 6.45) is -4.56. The van der Waals surface area contributed by atoms with E-state index < -0.39 is 35.2 Å². The third-order valence-electron chi connectivity index (χ3n) is 5.92. The van der Waals surface area contributed by atoms with Gasteiger partial charge in [-0.1, -0.05) is 42.5 Å². The number of likely N-dealkylation sites (tertiary alicyclic amines) is 1. The zero-order valence-electron chi connectivity index (χ0n) is 19.4. The van der Waals surface area contributed by atoms with Gasteiger partial charge in [0.15, 0.2) is 0 Å². The summed E-state index contributed by atoms with van der Waals surface area (Å²) in [5.74, 6) is -1.76. The van der Waals surface area contributed by atoms with Crippen molar-refractivity contribution in [2.75, 3.05) is 14.2 Å². The fourth-order valence-corrected chi connectivity index (χ4v) is 4.21. The van der Waals surface area contributed by atoms with Crippen molar-refractivity contribution in [3.8, 4) is 11.5 Å². The lowest BCUT2D eigenvalue weighted by Crippen LogP contribution is -2.29. The molecule has 1 amide bonds. The molecule has 36 heavy (non-hydrogen) atoms. The molecule has 1 saturated heterocycles. The number of amides is 1. The molecule has 1 unspecified atom stereocenters. The van der Waals surface area contributed by atoms with Crippen LogP contribution in [-0.4, -0.2) is 35.9 Å². The van der Waals surface area contributed by atoms with Crippen LogP contribution in [0.4, 0.5) is 13.2 Å². The highest BCUT2D eigenvalue weighted by molar-refractivity contribution is 6.46. The Morgan fingerprint density at radius 3 is 2.31 bits per heavy atom. The van der Waals surface area contributed by atoms with Crippen LogP contribution in [0.25, 0.3) is 5.76 Å². The van der Waals surface area contributed by atoms with E-state index in [-0.39, 0.29) is 29.0 Å². The number of aliphatic hydroxyl groups is 1. The molecule has 3 aromatic rings. The minimum atomic E-state index is -4.56. The van der Waals surface area contributed by atoms with Crippen molar-refractivity contribution in [1.29, 1.82) is 0 Å². The zero-order chi connectivity index (χ0) is 26.0. The molecule has 1 aliphatic rings. The number of hydrogen-bond acceptors (Lipinski definition) is 5. The number of methoxy groups -OCH3 is 2. The van der Waals surface area contributed by atoms with Gasteiger partial charge in [-0.25, -0.2) is 0 Å². The van der Waals surface area contributed by atoms with Crippen molar-refractivity contribution < 1.29 is 37.3 Å². The van der Waals surface area contributed by atoms with Crippen molar-refractivity contribution in [1.82, 2.24) is 4.90 Å². The number of carbonyl (C=O) groups excluding carboxylic acids is 2. The topological polar surface area (TPSA) is 76.1 Å². The summed E-state index contributed by atoms with van der Waals surface area (Å²) in [6, 6.07) is 16.6. The highest BCUT2D eigenvalue weighted by Gasteiger charge is 2.46. The molecule has 1 aliphatic heterocycles. The van der Waals surface area contributed by atoms with Crippen LogP contribution < -0.4 is 9.47 Å². The van der Waals surface area contributed by atoms with Crippen LogP contribution >= 0.6 is 0 Å². The molecular formula is C27H22F3NO5. The van der Waals surface area contributed by atoms with E-state index in [9.17, 15) is 27.9 Å². The maximum atomic E-state index is 13.3. The third-order valence-corrected chi connectivity index (χ3v) is 5.92. The van der Waals surface area contributed by atoms with Gasteiger partial charge in [0.25, 0.3) is 11.7 Å². The number of Topliss-reactive ketones (excluding diaryl/α,β-unsaturated/α-hetero) is 1. The number of rotatable bonds is 6. The van der Waals surface area contributed by atoms with Crippen molar-refractivity contribution in [2.45, 2.75) is 18.8 Å². The summed E-state index contributed by atoms with van der Waals surface area (Å²) in [5, 5.41) is 11.3. The molecule has 0 bridgehead atoms. The SMILES string of the molecule is COc1ccc(OC)c(/C(O)=C2\C(=O)C(=O)N(Cc3cccc(C(F)(F)F)c3)C2c2ccccc2)c1. The first kappa shape index (κ1) is 24.8. The minimum absolute atomic E-state index is 0.134. The standard InChI is InChI=1S/C27H22F3NO5/c1-35-19-11-12-21(36-2)20(14-19)24(32)22-23(17-8-4-3-5-9-17)31(26(34)25(22)33)15-16-7-6-10-18(13-16)27(28,29)30/h3-14,23,32H,15H2,1-2H3/b24-22+. The quantitative estimate of drug-likeness (QED) is 0.283. The molecular weight excluding hydrogens is 475 g/mol. The highest BCUT2D eigenvalue weighted by atomic mass is 19.4. The van der Waals surface area contributed by atoms with Crippen LogP contribution in [0.15, 0.2) is 78.4 Å². The number of halogens is 3. The Morgan fingerprint density at radius 1 is 0.944 bits per heavy atom. The summed E-state index contributed by atoms with van der Waals surface area (Å²) in [6.45, 7) is -0.278. The second-order valence-electron chi connectivity index (χ2n) is 8.10. The van der Waals surface area contributed by atoms with Gasteiger partial charge in [-0.05, 0) is 41.5 Å². The van der Waals surface area contributed by atoms with Crippen molar-refractivity contribution in [3.05, 3.63) is 101 Å². The average Bonchev–Trinajstić information content (AvgIpc) is 3.13. The fraction of sp³-hybridized carbons (Fsp3) is 0.185. The first-order valence-electron chi connectivity index (χ1n) is 10.9. The van der Waals surface area contributed by atoms with Gasteiger partial charge in [0.05, 0.1) is 37.0 Å². The number of carbonyl (C=O) groups is 2. The molecule has 1 N–H and O–H groups in total. The molecule has 1 heterocycles. The monoisotopic (exact) mass is 497 g/mol. The van der Waals surface area contributed by atoms with Gasteiger partial charge in [-0.2, -0.15) is 13.2 Å². The summed E-state index contributed by atoms with van der Waals surface area (Å²) in [4.78, 5) is 27.5. The number of aliphatic hydroxyl groups excluding tert-OH is 1. The second kappa shape index (κ2) is 9.77. The molecule has 0 aliphatic carbocycles. The van der Waals surface area contributed by atoms with E-state index in [1.807, 2.05) is 0 Å². The number of benzene rings is 3. The van der Waals surface area contributed by atoms with Crippen molar-refractivity contribution in [2.24, 2.45) is 0 Å². The average molecular weight is 497 g/mol. The summed E-state index contributed by atoms with van der Waals surface area (Å²) < 4.78 is 50.3. The molecule has 1 atom stereocenters. The van der Waals surface area contributed by atoms with Crippen LogP contribution in [0, 0.1) is 0 Å². The smallest absolute Gasteiger partial charge is 0.416 e. The predicted octanol–water partition coefficient (Wildman–Crippen LogP) is 5.34. The largest absolute Gasteiger partial charge is 0.507 e. The van der Waals surface area contributed by atoms with E-state index in [2.05, 4.69) is 0 Å². The summed E-state index contributed by atoms with van der Waals surface area (Å²) >= 11 is 0. The number of alkyl halides is 3. The Hall–Kier alpha value is -4.27. The molecule has 0 spiro atoms. The predicted molar refractivity (Wildman–Crippen MR) is 125 cm³/mol. The lowest BCUT2D eigenvalue weighted by atomic mass is 9.94. The maximum absolute atomic E-state index is 13.3. The van der Waals surface area contributed by atoms with Crippen LogP contribution in [-0.2, 0) is 22.3 Å². The molecule has 1 fully saturated rings. The first-order valence-corrected chi connectivity index (χ1v) is 10.9. The molecule has 0 saturated carbocycles. The van der Waals surface area contributed by atoms with Gasteiger partial charge >= 0.3 is 6.18 Å². The molecule has 3 aromatic carbocycles. The van der Waals surface area contributed by atoms with Gasteiger partial charge in [0, 0.05) is 6.54 Å². The Morgan fingerprint density at radius 2 is 1.67 bits per heavy atom. The van der Waals surface area contributed by atoms with Gasteiger partial charge < -0.3 is 19.5 Å². The van der Waals surface area contributed by atoms with Gasteiger partial charge in [-0.3, -0.25) is 9.59 Å². The molecule has 0 radical (unpaired) electrons. The number of ether oxygens (including phenoxy) is 2. The highest BCUT2D eigenvalue weighted by Crippen LogP contribution is 2.42. The normalized spacial score (nSPS) is 17.4. The van der Waals surface area contributed by atoms with E-state index in [0.29, 0.717) is 11.3 Å². The van der Waals surface area contributed by atoms with Crippen molar-refractivity contribution in [3.63, 3.8) is 0 Å². The van der Waals surface area contributed by atoms with E-state index in [0.717, 1.165) is 17.0 Å². The zero-order valence-corrected chi connectivity index (χ0v) is 19.4. The molecule has 0 aromatic heterocycles. The number of ketones is 1. The van der Waals surface area contributed by atoms with E-state index in [1.165, 1.54) is 32.4 Å². The number of nitrogens with zero attached hydrogens (tertiary/aromatic N) is 1. The Bertz CT molecular complexity index is 1330. The van der Waals surface area contributed by atoms with E-state index in [4.69, 9.17) is 9.47 Å². The molecule has 186 valence electrons. The second-order valence-corrected chi connectivity index (χ2v) is 8.10. The van der Waals surface area contributed by atoms with Gasteiger partial charge in [0.1, 0.15) is 17.3 Å². The molecule has 4 rings (SSSR count). The minimum Gasteiger partial charge on any atom is -0.507 e. The molecule has 9 heteroatoms. The Balaban J connectivity index is 1.87. The summed E-state index contributed by atoms with van der Waals surface area (Å²) in [7, 11) is 2.82. The van der Waals surface area contributed by atoms with Gasteiger partial charge in [-0.15, -0.1) is 0 Å². The van der Waals surface area contributed by atoms with Crippen LogP contribution in [0.3, 0.4) is 0 Å². The maximum Gasteiger partial charge on any atom is 0.416 e. The Kier molecular flexibility index (Phi) is 6.74. The molecule has 6 nitrogen and oxygen atoms in total. The van der Waals surface area contributed by atoms with Crippen LogP contribution in [0.2, 0.25) is 0 Å². The first-order chi connectivity index (χ1) is 17.2. The fourth-order valence-electron chi connectivity index (χ4n) is 4.21. The lowest BCUT2D eigenvalue weighted by Gasteiger charge is -2.26. The number of hydrogen-bond donors (Lipinski definition) is 1. The van der Waals surface area contributed by atoms with Crippen molar-refractivity contribution >= 4 is 17.4 Å². The lowest BCUT2D eigenvalue weighted by molar-refractivity contribution is -0.140. The van der Waals surface area contributed by atoms with Gasteiger partial charge in [0.2, 0.25) is 0 Å². The van der Waals surface area contributed by atoms with E-state index >= 15 is 0 Å². The third kappa shape index (κ3) is 4.64. The Labute approximate surface area is 205 Å². The van der Waals surface area contributed by atoms with E-state index in [1.54, 1.807) is 42.5 Å². The van der Waals surface area contributed by atoms with Crippen LogP contribution in [0.1, 0.15) is 28.3 Å².